The molecule has 3 aliphatic rings. The smallest absolute Gasteiger partial charge is 0.228 e. The van der Waals surface area contributed by atoms with Crippen molar-refractivity contribution in [1.29, 1.82) is 0 Å². The zero-order chi connectivity index (χ0) is 26.4. The van der Waals surface area contributed by atoms with E-state index in [0.717, 1.165) is 62.7 Å². The molecule has 2 fully saturated rings. The number of nitrogens with zero attached hydrogens (tertiary/aromatic N) is 6. The van der Waals surface area contributed by atoms with Gasteiger partial charge in [-0.05, 0) is 43.9 Å². The molecule has 2 aliphatic heterocycles. The number of hydrogen-bond acceptors (Lipinski definition) is 7. The van der Waals surface area contributed by atoms with E-state index in [1.807, 2.05) is 12.1 Å². The van der Waals surface area contributed by atoms with Crippen LogP contribution in [0.25, 0.3) is 0 Å². The van der Waals surface area contributed by atoms with Gasteiger partial charge in [0.25, 0.3) is 0 Å². The lowest BCUT2D eigenvalue weighted by Gasteiger charge is -2.33. The lowest BCUT2D eigenvalue weighted by atomic mass is 9.91. The Labute approximate surface area is 223 Å². The number of anilines is 3. The van der Waals surface area contributed by atoms with Gasteiger partial charge in [0.15, 0.2) is 11.6 Å². The summed E-state index contributed by atoms with van der Waals surface area (Å²) in [6.45, 7) is 12.9. The fraction of sp³-hybridized carbons (Fsp3) is 0.571. The van der Waals surface area contributed by atoms with Crippen molar-refractivity contribution in [2.45, 2.75) is 77.5 Å². The first-order chi connectivity index (χ1) is 18.2. The number of rotatable bonds is 7. The Morgan fingerprint density at radius 3 is 2.63 bits per heavy atom. The Bertz CT molecular complexity index is 1310. The van der Waals surface area contributed by atoms with Gasteiger partial charge in [0, 0.05) is 61.1 Å². The number of nitrogens with one attached hydrogen (secondary N) is 2. The zero-order valence-corrected chi connectivity index (χ0v) is 22.8. The molecular formula is C28H38N8O2. The molecule has 1 saturated carbocycles. The predicted molar refractivity (Wildman–Crippen MR) is 145 cm³/mol. The van der Waals surface area contributed by atoms with Crippen LogP contribution in [0.5, 0.6) is 0 Å². The van der Waals surface area contributed by atoms with Crippen LogP contribution in [-0.4, -0.2) is 55.1 Å². The van der Waals surface area contributed by atoms with Crippen molar-refractivity contribution in [2.75, 3.05) is 30.4 Å². The molecule has 10 nitrogen and oxygen atoms in total. The molecule has 0 aromatic carbocycles. The molecule has 2 atom stereocenters. The maximum absolute atomic E-state index is 12.1. The first-order valence-electron chi connectivity index (χ1n) is 13.8. The summed E-state index contributed by atoms with van der Waals surface area (Å²) in [4.78, 5) is 18.9. The second-order valence-corrected chi connectivity index (χ2v) is 11.9. The highest BCUT2D eigenvalue weighted by molar-refractivity contribution is 5.93. The fourth-order valence-electron chi connectivity index (χ4n) is 5.42. The van der Waals surface area contributed by atoms with Crippen LogP contribution in [0.2, 0.25) is 0 Å². The van der Waals surface area contributed by atoms with Crippen molar-refractivity contribution in [1.82, 2.24) is 29.4 Å². The van der Waals surface area contributed by atoms with Gasteiger partial charge in [-0.1, -0.05) is 20.8 Å². The third-order valence-electron chi connectivity index (χ3n) is 7.81. The third-order valence-corrected chi connectivity index (χ3v) is 7.81. The average Bonchev–Trinajstić information content (AvgIpc) is 3.24. The van der Waals surface area contributed by atoms with Crippen molar-refractivity contribution < 1.29 is 9.53 Å². The van der Waals surface area contributed by atoms with E-state index in [2.05, 4.69) is 69.7 Å². The number of pyridine rings is 1. The predicted octanol–water partition coefficient (Wildman–Crippen LogP) is 4.40. The highest BCUT2D eigenvalue weighted by Gasteiger charge is 2.31. The van der Waals surface area contributed by atoms with E-state index < -0.39 is 0 Å². The zero-order valence-electron chi connectivity index (χ0n) is 22.8. The molecule has 0 unspecified atom stereocenters. The van der Waals surface area contributed by atoms with Gasteiger partial charge in [0.05, 0.1) is 24.9 Å². The highest BCUT2D eigenvalue weighted by Crippen LogP contribution is 2.33. The van der Waals surface area contributed by atoms with E-state index in [4.69, 9.17) is 14.9 Å². The van der Waals surface area contributed by atoms with Crippen molar-refractivity contribution in [3.8, 4) is 0 Å². The van der Waals surface area contributed by atoms with E-state index in [0.29, 0.717) is 12.4 Å². The van der Waals surface area contributed by atoms with E-state index in [9.17, 15) is 4.79 Å². The quantitative estimate of drug-likeness (QED) is 0.478. The maximum Gasteiger partial charge on any atom is 0.228 e. The standard InChI is InChI=1S/C28H38N8O2/c1-18-22-14-25(30-26-15-23(28(2,3)4)36(33-26)21-8-12-38-17-21)32-35(22)11-10-34(18)16-19-7-9-29-24(13-19)31-27(37)20-5-6-20/h7,9,13-15,18,20-21H,5-6,8,10-12,16-17H2,1-4H3,(H,29,31,37)(H,30,32,33)/t18-,21-/m0/s1. The summed E-state index contributed by atoms with van der Waals surface area (Å²) in [5, 5.41) is 16.2. The number of aromatic nitrogens is 5. The number of carbonyl (C=O) groups is 1. The molecule has 202 valence electrons. The normalized spacial score (nSPS) is 21.9. The van der Waals surface area contributed by atoms with Crippen LogP contribution >= 0.6 is 0 Å². The average molecular weight is 519 g/mol. The Kier molecular flexibility index (Phi) is 6.47. The summed E-state index contributed by atoms with van der Waals surface area (Å²) in [5.41, 5.74) is 3.49. The molecule has 3 aromatic rings. The lowest BCUT2D eigenvalue weighted by Crippen LogP contribution is -2.36. The number of amides is 1. The minimum Gasteiger partial charge on any atom is -0.379 e. The molecule has 3 aromatic heterocycles. The molecule has 0 radical (unpaired) electrons. The van der Waals surface area contributed by atoms with Crippen molar-refractivity contribution >= 4 is 23.4 Å². The Morgan fingerprint density at radius 2 is 1.89 bits per heavy atom. The van der Waals surface area contributed by atoms with Crippen molar-refractivity contribution in [3.05, 3.63) is 47.4 Å². The number of fused-ring (bicyclic) bond motifs is 1. The van der Waals surface area contributed by atoms with Crippen molar-refractivity contribution in [3.63, 3.8) is 0 Å². The second kappa shape index (κ2) is 9.81. The molecule has 1 aliphatic carbocycles. The van der Waals surface area contributed by atoms with Gasteiger partial charge in [-0.15, -0.1) is 0 Å². The fourth-order valence-corrected chi connectivity index (χ4v) is 5.42. The molecule has 0 bridgehead atoms. The summed E-state index contributed by atoms with van der Waals surface area (Å²) < 4.78 is 9.88. The number of carbonyl (C=O) groups excluding carboxylic acids is 1. The summed E-state index contributed by atoms with van der Waals surface area (Å²) in [6, 6.07) is 8.78. The van der Waals surface area contributed by atoms with Crippen molar-refractivity contribution in [2.24, 2.45) is 5.92 Å². The third kappa shape index (κ3) is 5.19. The minimum absolute atomic E-state index is 0.0223. The molecule has 6 rings (SSSR count). The number of ether oxygens (including phenoxy) is 1. The van der Waals surface area contributed by atoms with Crippen LogP contribution in [-0.2, 0) is 28.0 Å². The van der Waals surface area contributed by atoms with Gasteiger partial charge in [0.1, 0.15) is 5.82 Å². The van der Waals surface area contributed by atoms with Gasteiger partial charge < -0.3 is 15.4 Å². The largest absolute Gasteiger partial charge is 0.379 e. The van der Waals surface area contributed by atoms with E-state index in [1.54, 1.807) is 6.20 Å². The first-order valence-corrected chi connectivity index (χ1v) is 13.8. The maximum atomic E-state index is 12.1. The van der Waals surface area contributed by atoms with Crippen LogP contribution in [0.15, 0.2) is 30.5 Å². The summed E-state index contributed by atoms with van der Waals surface area (Å²) in [5.74, 6) is 2.52. The van der Waals surface area contributed by atoms with Crippen LogP contribution < -0.4 is 10.6 Å². The molecule has 10 heteroatoms. The lowest BCUT2D eigenvalue weighted by molar-refractivity contribution is -0.117. The van der Waals surface area contributed by atoms with E-state index in [1.165, 1.54) is 11.4 Å². The van der Waals surface area contributed by atoms with Gasteiger partial charge in [0.2, 0.25) is 5.91 Å². The minimum atomic E-state index is -0.0223. The molecule has 1 amide bonds. The molecule has 38 heavy (non-hydrogen) atoms. The Balaban J connectivity index is 1.15. The Morgan fingerprint density at radius 1 is 1.08 bits per heavy atom. The summed E-state index contributed by atoms with van der Waals surface area (Å²) >= 11 is 0. The monoisotopic (exact) mass is 518 g/mol. The molecule has 5 heterocycles. The number of hydrogen-bond donors (Lipinski definition) is 2. The van der Waals surface area contributed by atoms with Gasteiger partial charge in [-0.3, -0.25) is 19.1 Å². The van der Waals surface area contributed by atoms with Crippen LogP contribution in [0.4, 0.5) is 17.5 Å². The molecular weight excluding hydrogens is 480 g/mol. The SMILES string of the molecule is C[C@H]1c2cc(Nc3cc(C(C)(C)C)n([C@H]4CCOC4)n3)nn2CCN1Cc1ccnc(NC(=O)C2CC2)c1. The van der Waals surface area contributed by atoms with Gasteiger partial charge in [-0.2, -0.15) is 10.2 Å². The summed E-state index contributed by atoms with van der Waals surface area (Å²) in [7, 11) is 0. The van der Waals surface area contributed by atoms with E-state index >= 15 is 0 Å². The molecule has 0 spiro atoms. The molecule has 1 saturated heterocycles. The Hall–Kier alpha value is -3.24. The van der Waals surface area contributed by atoms with Gasteiger partial charge in [-0.25, -0.2) is 4.98 Å². The van der Waals surface area contributed by atoms with Gasteiger partial charge >= 0.3 is 0 Å². The highest BCUT2D eigenvalue weighted by atomic mass is 16.5. The van der Waals surface area contributed by atoms with E-state index in [-0.39, 0.29) is 29.3 Å². The topological polar surface area (TPSA) is 102 Å². The first kappa shape index (κ1) is 25.1. The van der Waals surface area contributed by atoms with Crippen LogP contribution in [0.1, 0.15) is 76.0 Å². The van der Waals surface area contributed by atoms with Crippen LogP contribution in [0.3, 0.4) is 0 Å². The summed E-state index contributed by atoms with van der Waals surface area (Å²) in [6.07, 6.45) is 4.73. The second-order valence-electron chi connectivity index (χ2n) is 11.9. The van der Waals surface area contributed by atoms with Crippen LogP contribution in [0, 0.1) is 5.92 Å². The molecule has 2 N–H and O–H groups in total.